The zero-order valence-electron chi connectivity index (χ0n) is 17.3. The van der Waals surface area contributed by atoms with Crippen molar-refractivity contribution < 1.29 is 9.21 Å². The number of nitrogens with one attached hydrogen (secondary N) is 1. The Bertz CT molecular complexity index is 1080. The second kappa shape index (κ2) is 9.08. The number of nitrogens with zero attached hydrogens (tertiary/aromatic N) is 2. The largest absolute Gasteiger partial charge is 0.467 e. The standard InChI is InChI=1S/C23H27N3O3S/c1-15-7-5-11-19(16(15)2)24-21(27)14-30-23-25-20-10-4-3-9-18(20)22(28)26(23)13-17-8-6-12-29-17/h3-4,6,8-10,12,15-16,19H,5,7,11,13-14H2,1-2H3,(H,24,27)/t15-,16+,19+/m0/s1. The van der Waals surface area contributed by atoms with E-state index in [1.165, 1.54) is 18.2 Å². The summed E-state index contributed by atoms with van der Waals surface area (Å²) < 4.78 is 7.02. The summed E-state index contributed by atoms with van der Waals surface area (Å²) >= 11 is 1.29. The third kappa shape index (κ3) is 4.46. The number of carbonyl (C=O) groups is 1. The minimum atomic E-state index is -0.130. The first-order valence-corrected chi connectivity index (χ1v) is 11.5. The normalized spacial score (nSPS) is 21.6. The van der Waals surface area contributed by atoms with Gasteiger partial charge in [-0.25, -0.2) is 4.98 Å². The van der Waals surface area contributed by atoms with Crippen LogP contribution in [0.1, 0.15) is 38.9 Å². The summed E-state index contributed by atoms with van der Waals surface area (Å²) in [5.41, 5.74) is 0.505. The molecule has 1 N–H and O–H groups in total. The van der Waals surface area contributed by atoms with Crippen molar-refractivity contribution in [3.05, 3.63) is 58.8 Å². The van der Waals surface area contributed by atoms with Crippen LogP contribution < -0.4 is 10.9 Å². The molecule has 2 aromatic heterocycles. The lowest BCUT2D eigenvalue weighted by Crippen LogP contribution is -2.44. The van der Waals surface area contributed by atoms with Gasteiger partial charge in [0.05, 0.1) is 29.5 Å². The number of hydrogen-bond donors (Lipinski definition) is 1. The molecule has 1 amide bonds. The topological polar surface area (TPSA) is 77.1 Å². The van der Waals surface area contributed by atoms with E-state index in [1.54, 1.807) is 23.0 Å². The van der Waals surface area contributed by atoms with Gasteiger partial charge in [0.15, 0.2) is 5.16 Å². The van der Waals surface area contributed by atoms with E-state index in [0.717, 1.165) is 12.8 Å². The average molecular weight is 426 g/mol. The molecule has 30 heavy (non-hydrogen) atoms. The average Bonchev–Trinajstić information content (AvgIpc) is 3.25. The number of para-hydroxylation sites is 1. The maximum Gasteiger partial charge on any atom is 0.262 e. The maximum atomic E-state index is 13.1. The molecule has 0 unspecified atom stereocenters. The molecule has 2 heterocycles. The number of fused-ring (bicyclic) bond motifs is 1. The molecule has 1 aliphatic rings. The molecule has 158 valence electrons. The summed E-state index contributed by atoms with van der Waals surface area (Å²) in [5, 5.41) is 4.27. The van der Waals surface area contributed by atoms with Crippen molar-refractivity contribution in [3.63, 3.8) is 0 Å². The Morgan fingerprint density at radius 1 is 1.23 bits per heavy atom. The van der Waals surface area contributed by atoms with Crippen LogP contribution in [0.3, 0.4) is 0 Å². The lowest BCUT2D eigenvalue weighted by atomic mass is 9.78. The van der Waals surface area contributed by atoms with Crippen LogP contribution in [0.15, 0.2) is 57.0 Å². The number of benzene rings is 1. The molecular weight excluding hydrogens is 398 g/mol. The molecule has 0 radical (unpaired) electrons. The Kier molecular flexibility index (Phi) is 6.27. The Hall–Kier alpha value is -2.54. The van der Waals surface area contributed by atoms with Crippen molar-refractivity contribution in [2.45, 2.75) is 50.9 Å². The number of thioether (sulfide) groups is 1. The molecule has 3 atom stereocenters. The number of aromatic nitrogens is 2. The van der Waals surface area contributed by atoms with Crippen molar-refractivity contribution in [2.75, 3.05) is 5.75 Å². The Balaban J connectivity index is 1.54. The number of furan rings is 1. The van der Waals surface area contributed by atoms with Crippen LogP contribution in [0.5, 0.6) is 0 Å². The van der Waals surface area contributed by atoms with Gasteiger partial charge < -0.3 is 9.73 Å². The summed E-state index contributed by atoms with van der Waals surface area (Å²) in [4.78, 5) is 30.4. The lowest BCUT2D eigenvalue weighted by molar-refractivity contribution is -0.120. The summed E-state index contributed by atoms with van der Waals surface area (Å²) in [6.45, 7) is 4.75. The maximum absolute atomic E-state index is 13.1. The Morgan fingerprint density at radius 3 is 2.87 bits per heavy atom. The van der Waals surface area contributed by atoms with Gasteiger partial charge in [-0.3, -0.25) is 14.2 Å². The minimum absolute atomic E-state index is 0.0158. The van der Waals surface area contributed by atoms with Crippen LogP contribution in [0.4, 0.5) is 0 Å². The second-order valence-electron chi connectivity index (χ2n) is 8.11. The lowest BCUT2D eigenvalue weighted by Gasteiger charge is -2.34. The van der Waals surface area contributed by atoms with Crippen LogP contribution in [-0.2, 0) is 11.3 Å². The first kappa shape index (κ1) is 20.7. The first-order chi connectivity index (χ1) is 14.5. The monoisotopic (exact) mass is 425 g/mol. The van der Waals surface area contributed by atoms with Crippen LogP contribution in [-0.4, -0.2) is 27.3 Å². The van der Waals surface area contributed by atoms with Gasteiger partial charge in [-0.05, 0) is 42.5 Å². The predicted octanol–water partition coefficient (Wildman–Crippen LogP) is 4.07. The van der Waals surface area contributed by atoms with Crippen molar-refractivity contribution in [2.24, 2.45) is 11.8 Å². The molecule has 1 fully saturated rings. The van der Waals surface area contributed by atoms with Gasteiger partial charge in [-0.2, -0.15) is 0 Å². The molecule has 0 spiro atoms. The fourth-order valence-electron chi connectivity index (χ4n) is 4.12. The molecule has 0 saturated heterocycles. The number of hydrogen-bond acceptors (Lipinski definition) is 5. The number of rotatable bonds is 6. The van der Waals surface area contributed by atoms with E-state index >= 15 is 0 Å². The summed E-state index contributed by atoms with van der Waals surface area (Å²) in [7, 11) is 0. The predicted molar refractivity (Wildman–Crippen MR) is 119 cm³/mol. The van der Waals surface area contributed by atoms with E-state index in [0.29, 0.717) is 33.7 Å². The molecule has 4 rings (SSSR count). The minimum Gasteiger partial charge on any atom is -0.467 e. The van der Waals surface area contributed by atoms with Crippen molar-refractivity contribution in [1.82, 2.24) is 14.9 Å². The van der Waals surface area contributed by atoms with E-state index in [9.17, 15) is 9.59 Å². The smallest absolute Gasteiger partial charge is 0.262 e. The van der Waals surface area contributed by atoms with Crippen LogP contribution in [0.2, 0.25) is 0 Å². The van der Waals surface area contributed by atoms with E-state index in [1.807, 2.05) is 24.3 Å². The SMILES string of the molecule is C[C@@H]1[C@@H](C)CCC[C@H]1NC(=O)CSc1nc2ccccc2c(=O)n1Cc1ccco1. The van der Waals surface area contributed by atoms with Gasteiger partial charge in [-0.15, -0.1) is 0 Å². The molecule has 7 heteroatoms. The Labute approximate surface area is 180 Å². The van der Waals surface area contributed by atoms with E-state index in [-0.39, 0.29) is 29.8 Å². The van der Waals surface area contributed by atoms with Gasteiger partial charge in [0, 0.05) is 6.04 Å². The molecule has 3 aromatic rings. The van der Waals surface area contributed by atoms with Crippen LogP contribution >= 0.6 is 11.8 Å². The Morgan fingerprint density at radius 2 is 2.07 bits per heavy atom. The van der Waals surface area contributed by atoms with Crippen molar-refractivity contribution in [3.8, 4) is 0 Å². The zero-order valence-corrected chi connectivity index (χ0v) is 18.2. The molecule has 1 aromatic carbocycles. The third-order valence-corrected chi connectivity index (χ3v) is 7.08. The number of amides is 1. The van der Waals surface area contributed by atoms with Gasteiger partial charge in [0.25, 0.3) is 5.56 Å². The van der Waals surface area contributed by atoms with Crippen LogP contribution in [0, 0.1) is 11.8 Å². The van der Waals surface area contributed by atoms with Gasteiger partial charge in [-0.1, -0.05) is 50.6 Å². The van der Waals surface area contributed by atoms with Crippen molar-refractivity contribution in [1.29, 1.82) is 0 Å². The fraction of sp³-hybridized carbons (Fsp3) is 0.435. The fourth-order valence-corrected chi connectivity index (χ4v) is 4.93. The van der Waals surface area contributed by atoms with Crippen molar-refractivity contribution >= 4 is 28.6 Å². The van der Waals surface area contributed by atoms with E-state index in [2.05, 4.69) is 24.1 Å². The molecule has 1 aliphatic carbocycles. The number of carbonyl (C=O) groups excluding carboxylic acids is 1. The zero-order chi connectivity index (χ0) is 21.1. The quantitative estimate of drug-likeness (QED) is 0.476. The first-order valence-electron chi connectivity index (χ1n) is 10.5. The third-order valence-electron chi connectivity index (χ3n) is 6.11. The highest BCUT2D eigenvalue weighted by Gasteiger charge is 2.28. The second-order valence-corrected chi connectivity index (χ2v) is 9.05. The highest BCUT2D eigenvalue weighted by molar-refractivity contribution is 7.99. The molecule has 0 bridgehead atoms. The molecule has 0 aliphatic heterocycles. The van der Waals surface area contributed by atoms with Gasteiger partial charge in [0.2, 0.25) is 5.91 Å². The van der Waals surface area contributed by atoms with E-state index < -0.39 is 0 Å². The summed E-state index contributed by atoms with van der Waals surface area (Å²) in [6.07, 6.45) is 4.99. The highest BCUT2D eigenvalue weighted by Crippen LogP contribution is 2.29. The van der Waals surface area contributed by atoms with E-state index in [4.69, 9.17) is 4.42 Å². The summed E-state index contributed by atoms with van der Waals surface area (Å²) in [5.74, 6) is 1.98. The van der Waals surface area contributed by atoms with Crippen LogP contribution in [0.25, 0.3) is 10.9 Å². The molecular formula is C23H27N3O3S. The summed E-state index contributed by atoms with van der Waals surface area (Å²) in [6, 6.07) is 11.1. The van der Waals surface area contributed by atoms with Gasteiger partial charge in [0.1, 0.15) is 5.76 Å². The highest BCUT2D eigenvalue weighted by atomic mass is 32.2. The van der Waals surface area contributed by atoms with Gasteiger partial charge >= 0.3 is 0 Å². The molecule has 6 nitrogen and oxygen atoms in total. The molecule has 1 saturated carbocycles.